The molecule has 5 nitrogen and oxygen atoms in total. The Morgan fingerprint density at radius 1 is 0.839 bits per heavy atom. The zero-order chi connectivity index (χ0) is 22.4. The minimum Gasteiger partial charge on any atom is -0.493 e. The molecule has 0 saturated heterocycles. The highest BCUT2D eigenvalue weighted by Crippen LogP contribution is 2.32. The van der Waals surface area contributed by atoms with Crippen molar-refractivity contribution in [2.24, 2.45) is 0 Å². The summed E-state index contributed by atoms with van der Waals surface area (Å²) >= 11 is 0. The summed E-state index contributed by atoms with van der Waals surface area (Å²) in [5.41, 5.74) is 2.90. The molecule has 0 aliphatic carbocycles. The van der Waals surface area contributed by atoms with Gasteiger partial charge in [0.1, 0.15) is 5.75 Å². The minimum absolute atomic E-state index is 0.129. The van der Waals surface area contributed by atoms with Crippen molar-refractivity contribution < 1.29 is 19.0 Å². The van der Waals surface area contributed by atoms with E-state index in [0.717, 1.165) is 0 Å². The van der Waals surface area contributed by atoms with Crippen LogP contribution in [0.2, 0.25) is 0 Å². The molecule has 0 fully saturated rings. The number of amides is 1. The Balaban J connectivity index is 1.65. The predicted octanol–water partition coefficient (Wildman–Crippen LogP) is 5.44. The zero-order valence-corrected chi connectivity index (χ0v) is 18.6. The Kier molecular flexibility index (Phi) is 6.85. The summed E-state index contributed by atoms with van der Waals surface area (Å²) in [6.07, 6.45) is -0.666. The molecule has 0 heterocycles. The molecular formula is C26H29NO4. The van der Waals surface area contributed by atoms with Crippen LogP contribution >= 0.6 is 0 Å². The van der Waals surface area contributed by atoms with E-state index in [1.807, 2.05) is 42.5 Å². The van der Waals surface area contributed by atoms with Gasteiger partial charge in [-0.05, 0) is 42.3 Å². The van der Waals surface area contributed by atoms with Gasteiger partial charge in [-0.3, -0.25) is 4.79 Å². The van der Waals surface area contributed by atoms with Gasteiger partial charge in [-0.1, -0.05) is 56.3 Å². The summed E-state index contributed by atoms with van der Waals surface area (Å²) in [6, 6.07) is 23.5. The quantitative estimate of drug-likeness (QED) is 0.529. The van der Waals surface area contributed by atoms with Crippen molar-refractivity contribution in [3.8, 4) is 17.2 Å². The van der Waals surface area contributed by atoms with Gasteiger partial charge in [-0.15, -0.1) is 0 Å². The molecule has 3 aromatic carbocycles. The monoisotopic (exact) mass is 419 g/mol. The SMILES string of the molecule is COc1ccc(NC(=O)C(C)Oc2ccc(C(C)(C)c3ccccc3)cc2)cc1OC. The standard InChI is InChI=1S/C26H29NO4/c1-18(25(28)27-21-13-16-23(29-4)24(17-21)30-5)31-22-14-11-20(12-15-22)26(2,3)19-9-7-6-8-10-19/h6-18H,1-5H3,(H,27,28). The molecule has 3 aromatic rings. The van der Waals surface area contributed by atoms with Crippen LogP contribution in [-0.4, -0.2) is 26.2 Å². The van der Waals surface area contributed by atoms with E-state index < -0.39 is 6.10 Å². The highest BCUT2D eigenvalue weighted by atomic mass is 16.5. The average Bonchev–Trinajstić information content (AvgIpc) is 2.79. The van der Waals surface area contributed by atoms with Crippen LogP contribution in [0.3, 0.4) is 0 Å². The summed E-state index contributed by atoms with van der Waals surface area (Å²) in [5.74, 6) is 1.54. The summed E-state index contributed by atoms with van der Waals surface area (Å²) in [6.45, 7) is 6.10. The third kappa shape index (κ3) is 5.18. The van der Waals surface area contributed by atoms with Gasteiger partial charge in [0.25, 0.3) is 5.91 Å². The number of hydrogen-bond acceptors (Lipinski definition) is 4. The fourth-order valence-electron chi connectivity index (χ4n) is 3.39. The van der Waals surface area contributed by atoms with Crippen molar-refractivity contribution >= 4 is 11.6 Å². The molecule has 1 N–H and O–H groups in total. The molecule has 3 rings (SSSR count). The van der Waals surface area contributed by atoms with Gasteiger partial charge in [0.15, 0.2) is 17.6 Å². The molecule has 1 atom stereocenters. The Bertz CT molecular complexity index is 1010. The smallest absolute Gasteiger partial charge is 0.265 e. The first-order valence-corrected chi connectivity index (χ1v) is 10.2. The zero-order valence-electron chi connectivity index (χ0n) is 18.6. The Morgan fingerprint density at radius 2 is 1.45 bits per heavy atom. The van der Waals surface area contributed by atoms with Crippen LogP contribution in [0.4, 0.5) is 5.69 Å². The van der Waals surface area contributed by atoms with Crippen LogP contribution in [0.25, 0.3) is 0 Å². The highest BCUT2D eigenvalue weighted by molar-refractivity contribution is 5.94. The van der Waals surface area contributed by atoms with Crippen LogP contribution in [0, 0.1) is 0 Å². The number of anilines is 1. The molecule has 5 heteroatoms. The van der Waals surface area contributed by atoms with E-state index in [-0.39, 0.29) is 11.3 Å². The second-order valence-corrected chi connectivity index (χ2v) is 7.83. The van der Waals surface area contributed by atoms with E-state index in [4.69, 9.17) is 14.2 Å². The second-order valence-electron chi connectivity index (χ2n) is 7.83. The van der Waals surface area contributed by atoms with Gasteiger partial charge in [-0.25, -0.2) is 0 Å². The third-order valence-electron chi connectivity index (χ3n) is 5.40. The van der Waals surface area contributed by atoms with Crippen LogP contribution in [-0.2, 0) is 10.2 Å². The number of nitrogens with one attached hydrogen (secondary N) is 1. The van der Waals surface area contributed by atoms with E-state index in [2.05, 4.69) is 31.3 Å². The summed E-state index contributed by atoms with van der Waals surface area (Å²) in [4.78, 5) is 12.6. The van der Waals surface area contributed by atoms with Crippen LogP contribution in [0.15, 0.2) is 72.8 Å². The van der Waals surface area contributed by atoms with E-state index in [1.54, 1.807) is 39.3 Å². The molecule has 0 saturated carbocycles. The van der Waals surface area contributed by atoms with E-state index >= 15 is 0 Å². The van der Waals surface area contributed by atoms with E-state index in [9.17, 15) is 4.79 Å². The molecule has 0 bridgehead atoms. The Labute approximate surface area is 184 Å². The molecule has 0 spiro atoms. The van der Waals surface area contributed by atoms with E-state index in [1.165, 1.54) is 11.1 Å². The average molecular weight is 420 g/mol. The lowest BCUT2D eigenvalue weighted by Gasteiger charge is -2.26. The minimum atomic E-state index is -0.666. The van der Waals surface area contributed by atoms with Crippen LogP contribution in [0.5, 0.6) is 17.2 Å². The second kappa shape index (κ2) is 9.56. The Morgan fingerprint density at radius 3 is 2.06 bits per heavy atom. The number of rotatable bonds is 8. The lowest BCUT2D eigenvalue weighted by Crippen LogP contribution is -2.30. The molecule has 31 heavy (non-hydrogen) atoms. The van der Waals surface area contributed by atoms with Crippen molar-refractivity contribution in [3.05, 3.63) is 83.9 Å². The first-order chi connectivity index (χ1) is 14.8. The molecule has 162 valence electrons. The lowest BCUT2D eigenvalue weighted by molar-refractivity contribution is -0.122. The number of benzene rings is 3. The highest BCUT2D eigenvalue weighted by Gasteiger charge is 2.23. The van der Waals surface area contributed by atoms with Gasteiger partial charge in [0.2, 0.25) is 0 Å². The van der Waals surface area contributed by atoms with Gasteiger partial charge < -0.3 is 19.5 Å². The van der Waals surface area contributed by atoms with Crippen molar-refractivity contribution in [1.82, 2.24) is 0 Å². The summed E-state index contributed by atoms with van der Waals surface area (Å²) < 4.78 is 16.4. The first kappa shape index (κ1) is 22.2. The number of ether oxygens (including phenoxy) is 3. The van der Waals surface area contributed by atoms with Crippen molar-refractivity contribution in [2.75, 3.05) is 19.5 Å². The van der Waals surface area contributed by atoms with Gasteiger partial charge in [0.05, 0.1) is 14.2 Å². The molecule has 1 unspecified atom stereocenters. The van der Waals surface area contributed by atoms with Crippen LogP contribution < -0.4 is 19.5 Å². The summed E-state index contributed by atoms with van der Waals surface area (Å²) in [7, 11) is 3.12. The van der Waals surface area contributed by atoms with Crippen molar-refractivity contribution in [3.63, 3.8) is 0 Å². The first-order valence-electron chi connectivity index (χ1n) is 10.2. The molecular weight excluding hydrogens is 390 g/mol. The third-order valence-corrected chi connectivity index (χ3v) is 5.40. The maximum absolute atomic E-state index is 12.6. The van der Waals surface area contributed by atoms with Gasteiger partial charge in [-0.2, -0.15) is 0 Å². The summed E-state index contributed by atoms with van der Waals surface area (Å²) in [5, 5.41) is 2.85. The number of carbonyl (C=O) groups excluding carboxylic acids is 1. The Hall–Kier alpha value is -3.47. The molecule has 0 aliphatic heterocycles. The largest absolute Gasteiger partial charge is 0.493 e. The van der Waals surface area contributed by atoms with Gasteiger partial charge >= 0.3 is 0 Å². The predicted molar refractivity (Wildman–Crippen MR) is 123 cm³/mol. The molecule has 0 radical (unpaired) electrons. The van der Waals surface area contributed by atoms with E-state index in [0.29, 0.717) is 22.9 Å². The van der Waals surface area contributed by atoms with Crippen LogP contribution in [0.1, 0.15) is 31.9 Å². The maximum Gasteiger partial charge on any atom is 0.265 e. The number of carbonyl (C=O) groups is 1. The normalized spacial score (nSPS) is 12.0. The molecule has 0 aromatic heterocycles. The topological polar surface area (TPSA) is 56.8 Å². The fraction of sp³-hybridized carbons (Fsp3) is 0.269. The molecule has 1 amide bonds. The maximum atomic E-state index is 12.6. The van der Waals surface area contributed by atoms with Crippen molar-refractivity contribution in [2.45, 2.75) is 32.3 Å². The van der Waals surface area contributed by atoms with Gasteiger partial charge in [0, 0.05) is 17.2 Å². The molecule has 0 aliphatic rings. The van der Waals surface area contributed by atoms with Crippen molar-refractivity contribution in [1.29, 1.82) is 0 Å². The fourth-order valence-corrected chi connectivity index (χ4v) is 3.39. The lowest BCUT2D eigenvalue weighted by atomic mass is 9.78. The number of methoxy groups -OCH3 is 2. The number of hydrogen-bond donors (Lipinski definition) is 1.